The highest BCUT2D eigenvalue weighted by Gasteiger charge is 2.18. The van der Waals surface area contributed by atoms with Gasteiger partial charge in [-0.3, -0.25) is 0 Å². The maximum absolute atomic E-state index is 6.32. The molecule has 0 saturated carbocycles. The van der Waals surface area contributed by atoms with Gasteiger partial charge in [-0.05, 0) is 49.4 Å². The first-order valence-corrected chi connectivity index (χ1v) is 8.16. The molecule has 0 heterocycles. The van der Waals surface area contributed by atoms with E-state index in [0.29, 0.717) is 16.7 Å². The lowest BCUT2D eigenvalue weighted by Crippen LogP contribution is -2.18. The molecular formula is C16H16BrCl2NO. The molecule has 2 aromatic rings. The van der Waals surface area contributed by atoms with Gasteiger partial charge in [-0.2, -0.15) is 0 Å². The van der Waals surface area contributed by atoms with Gasteiger partial charge in [0.1, 0.15) is 5.75 Å². The monoisotopic (exact) mass is 387 g/mol. The lowest BCUT2D eigenvalue weighted by atomic mass is 9.98. The molecule has 0 bridgehead atoms. The summed E-state index contributed by atoms with van der Waals surface area (Å²) >= 11 is 15.9. The highest BCUT2D eigenvalue weighted by Crippen LogP contribution is 2.35. The zero-order valence-corrected chi connectivity index (χ0v) is 14.9. The number of hydrogen-bond donors (Lipinski definition) is 1. The lowest BCUT2D eigenvalue weighted by Gasteiger charge is -2.20. The molecule has 0 spiro atoms. The third-order valence-electron chi connectivity index (χ3n) is 3.16. The van der Waals surface area contributed by atoms with E-state index >= 15 is 0 Å². The molecule has 2 rings (SSSR count). The van der Waals surface area contributed by atoms with Gasteiger partial charge in [-0.15, -0.1) is 0 Å². The fourth-order valence-electron chi connectivity index (χ4n) is 2.21. The highest BCUT2D eigenvalue weighted by molar-refractivity contribution is 9.10. The molecule has 0 aliphatic rings. The Kier molecular flexibility index (Phi) is 5.94. The maximum atomic E-state index is 6.32. The predicted octanol–water partition coefficient (Wildman–Crippen LogP) is 5.46. The van der Waals surface area contributed by atoms with Crippen LogP contribution in [-0.4, -0.2) is 13.7 Å². The zero-order valence-electron chi connectivity index (χ0n) is 11.8. The molecule has 21 heavy (non-hydrogen) atoms. The Balaban J connectivity index is 2.41. The summed E-state index contributed by atoms with van der Waals surface area (Å²) in [6.45, 7) is 2.61. The molecule has 0 aliphatic heterocycles. The van der Waals surface area contributed by atoms with Crippen LogP contribution in [0.2, 0.25) is 10.0 Å². The van der Waals surface area contributed by atoms with Crippen LogP contribution in [0.25, 0.3) is 0 Å². The van der Waals surface area contributed by atoms with Crippen molar-refractivity contribution >= 4 is 39.1 Å². The Morgan fingerprint density at radius 1 is 1.14 bits per heavy atom. The first-order valence-electron chi connectivity index (χ1n) is 6.61. The summed E-state index contributed by atoms with van der Waals surface area (Å²) in [6, 6.07) is 11.5. The minimum Gasteiger partial charge on any atom is -0.494 e. The number of nitrogens with one attached hydrogen (secondary N) is 1. The molecule has 2 aromatic carbocycles. The van der Waals surface area contributed by atoms with Crippen molar-refractivity contribution in [3.63, 3.8) is 0 Å². The SMILES string of the molecule is CCOc1ccc(C(NC)c2ccc(Cl)cc2Cl)c(Br)c1. The quantitative estimate of drug-likeness (QED) is 0.733. The van der Waals surface area contributed by atoms with Crippen molar-refractivity contribution in [1.29, 1.82) is 0 Å². The smallest absolute Gasteiger partial charge is 0.120 e. The largest absolute Gasteiger partial charge is 0.494 e. The Hall–Kier alpha value is -0.740. The fraction of sp³-hybridized carbons (Fsp3) is 0.250. The highest BCUT2D eigenvalue weighted by atomic mass is 79.9. The van der Waals surface area contributed by atoms with Gasteiger partial charge in [0, 0.05) is 14.5 Å². The summed E-state index contributed by atoms with van der Waals surface area (Å²) in [6.07, 6.45) is 0. The van der Waals surface area contributed by atoms with Crippen molar-refractivity contribution in [3.05, 3.63) is 62.0 Å². The van der Waals surface area contributed by atoms with E-state index in [1.165, 1.54) is 0 Å². The minimum absolute atomic E-state index is 0.0279. The summed E-state index contributed by atoms with van der Waals surface area (Å²) < 4.78 is 6.48. The minimum atomic E-state index is -0.0279. The molecular weight excluding hydrogens is 373 g/mol. The Morgan fingerprint density at radius 3 is 2.43 bits per heavy atom. The molecule has 0 aromatic heterocycles. The summed E-state index contributed by atoms with van der Waals surface area (Å²) in [5.74, 6) is 0.838. The number of halogens is 3. The molecule has 0 amide bonds. The van der Waals surface area contributed by atoms with Crippen LogP contribution in [0.3, 0.4) is 0 Å². The average Bonchev–Trinajstić information content (AvgIpc) is 2.44. The molecule has 0 radical (unpaired) electrons. The van der Waals surface area contributed by atoms with E-state index in [4.69, 9.17) is 27.9 Å². The van der Waals surface area contributed by atoms with Crippen LogP contribution in [-0.2, 0) is 0 Å². The second-order valence-electron chi connectivity index (χ2n) is 4.50. The third-order valence-corrected chi connectivity index (χ3v) is 4.41. The normalized spacial score (nSPS) is 12.2. The average molecular weight is 389 g/mol. The van der Waals surface area contributed by atoms with Gasteiger partial charge >= 0.3 is 0 Å². The summed E-state index contributed by atoms with van der Waals surface area (Å²) in [7, 11) is 1.90. The molecule has 112 valence electrons. The van der Waals surface area contributed by atoms with Crippen molar-refractivity contribution in [2.75, 3.05) is 13.7 Å². The van der Waals surface area contributed by atoms with E-state index in [1.54, 1.807) is 6.07 Å². The number of rotatable bonds is 5. The summed E-state index contributed by atoms with van der Waals surface area (Å²) in [5, 5.41) is 4.56. The number of benzene rings is 2. The maximum Gasteiger partial charge on any atom is 0.120 e. The van der Waals surface area contributed by atoms with Crippen LogP contribution >= 0.6 is 39.1 Å². The van der Waals surface area contributed by atoms with E-state index < -0.39 is 0 Å². The molecule has 0 aliphatic carbocycles. The number of ether oxygens (including phenoxy) is 1. The number of hydrogen-bond acceptors (Lipinski definition) is 2. The van der Waals surface area contributed by atoms with Crippen LogP contribution in [0.4, 0.5) is 0 Å². The van der Waals surface area contributed by atoms with E-state index in [-0.39, 0.29) is 6.04 Å². The van der Waals surface area contributed by atoms with Gasteiger partial charge in [-0.25, -0.2) is 0 Å². The van der Waals surface area contributed by atoms with Crippen LogP contribution in [0.15, 0.2) is 40.9 Å². The van der Waals surface area contributed by atoms with Gasteiger partial charge in [-0.1, -0.05) is 51.3 Å². The van der Waals surface area contributed by atoms with Gasteiger partial charge in [0.05, 0.1) is 12.6 Å². The third kappa shape index (κ3) is 3.92. The van der Waals surface area contributed by atoms with Crippen LogP contribution < -0.4 is 10.1 Å². The first kappa shape index (κ1) is 16.6. The van der Waals surface area contributed by atoms with Crippen molar-refractivity contribution in [1.82, 2.24) is 5.32 Å². The van der Waals surface area contributed by atoms with Gasteiger partial charge in [0.25, 0.3) is 0 Å². The van der Waals surface area contributed by atoms with Crippen LogP contribution in [0.1, 0.15) is 24.1 Å². The van der Waals surface area contributed by atoms with E-state index in [9.17, 15) is 0 Å². The Morgan fingerprint density at radius 2 is 1.86 bits per heavy atom. The molecule has 0 saturated heterocycles. The van der Waals surface area contributed by atoms with Gasteiger partial charge in [0.2, 0.25) is 0 Å². The molecule has 1 N–H and O–H groups in total. The molecule has 1 unspecified atom stereocenters. The fourth-order valence-corrected chi connectivity index (χ4v) is 3.32. The lowest BCUT2D eigenvalue weighted by molar-refractivity contribution is 0.340. The van der Waals surface area contributed by atoms with Crippen molar-refractivity contribution in [3.8, 4) is 5.75 Å². The molecule has 0 fully saturated rings. The Bertz CT molecular complexity index is 634. The topological polar surface area (TPSA) is 21.3 Å². The van der Waals surface area contributed by atoms with Crippen LogP contribution in [0, 0.1) is 0 Å². The zero-order chi connectivity index (χ0) is 15.4. The Labute approximate surface area is 143 Å². The second kappa shape index (κ2) is 7.50. The van der Waals surface area contributed by atoms with Crippen molar-refractivity contribution in [2.45, 2.75) is 13.0 Å². The van der Waals surface area contributed by atoms with Crippen molar-refractivity contribution in [2.24, 2.45) is 0 Å². The first-order chi connectivity index (χ1) is 10.1. The molecule has 2 nitrogen and oxygen atoms in total. The van der Waals surface area contributed by atoms with Gasteiger partial charge < -0.3 is 10.1 Å². The van der Waals surface area contributed by atoms with Crippen molar-refractivity contribution < 1.29 is 4.74 Å². The van der Waals surface area contributed by atoms with Crippen LogP contribution in [0.5, 0.6) is 5.75 Å². The second-order valence-corrected chi connectivity index (χ2v) is 6.20. The summed E-state index contributed by atoms with van der Waals surface area (Å²) in [5.41, 5.74) is 2.07. The summed E-state index contributed by atoms with van der Waals surface area (Å²) in [4.78, 5) is 0. The van der Waals surface area contributed by atoms with E-state index in [1.807, 2.05) is 44.3 Å². The molecule has 1 atom stereocenters. The van der Waals surface area contributed by atoms with E-state index in [2.05, 4.69) is 21.2 Å². The predicted molar refractivity (Wildman–Crippen MR) is 92.7 cm³/mol. The van der Waals surface area contributed by atoms with E-state index in [0.717, 1.165) is 21.3 Å². The standard InChI is InChI=1S/C16H16BrCl2NO/c1-3-21-11-5-7-12(14(17)9-11)16(20-2)13-6-4-10(18)8-15(13)19/h4-9,16,20H,3H2,1-2H3. The molecule has 5 heteroatoms. The van der Waals surface area contributed by atoms with Gasteiger partial charge in [0.15, 0.2) is 0 Å².